The molecule has 0 aromatic heterocycles. The Morgan fingerprint density at radius 2 is 2.18 bits per heavy atom. The summed E-state index contributed by atoms with van der Waals surface area (Å²) < 4.78 is 5.38. The van der Waals surface area contributed by atoms with Gasteiger partial charge in [-0.2, -0.15) is 0 Å². The minimum Gasteiger partial charge on any atom is -0.381 e. The van der Waals surface area contributed by atoms with Crippen molar-refractivity contribution in [1.82, 2.24) is 4.90 Å². The first kappa shape index (κ1) is 12.8. The number of carbonyl (C=O) groups excluding carboxylic acids is 1. The third-order valence-corrected chi connectivity index (χ3v) is 3.95. The maximum absolute atomic E-state index is 12.4. The Morgan fingerprint density at radius 1 is 1.47 bits per heavy atom. The zero-order valence-corrected chi connectivity index (χ0v) is 10.9. The second-order valence-corrected chi connectivity index (χ2v) is 5.69. The molecule has 0 bridgehead atoms. The van der Waals surface area contributed by atoms with Crippen molar-refractivity contribution < 1.29 is 9.53 Å². The Labute approximate surface area is 103 Å². The molecule has 2 unspecified atom stereocenters. The third-order valence-electron chi connectivity index (χ3n) is 3.95. The molecule has 17 heavy (non-hydrogen) atoms. The summed E-state index contributed by atoms with van der Waals surface area (Å²) in [7, 11) is 0. The van der Waals surface area contributed by atoms with Crippen LogP contribution in [-0.4, -0.2) is 42.1 Å². The van der Waals surface area contributed by atoms with Crippen LogP contribution >= 0.6 is 0 Å². The minimum atomic E-state index is -0.706. The molecular formula is C13H24N2O2. The van der Waals surface area contributed by atoms with Crippen LogP contribution in [0.4, 0.5) is 0 Å². The van der Waals surface area contributed by atoms with E-state index in [1.165, 1.54) is 0 Å². The van der Waals surface area contributed by atoms with E-state index < -0.39 is 5.54 Å². The van der Waals surface area contributed by atoms with Crippen molar-refractivity contribution in [3.8, 4) is 0 Å². The maximum atomic E-state index is 12.4. The highest BCUT2D eigenvalue weighted by Gasteiger charge is 2.40. The van der Waals surface area contributed by atoms with Crippen LogP contribution in [0.2, 0.25) is 0 Å². The quantitative estimate of drug-likeness (QED) is 0.784. The molecule has 1 saturated heterocycles. The van der Waals surface area contributed by atoms with Crippen LogP contribution < -0.4 is 5.73 Å². The van der Waals surface area contributed by atoms with E-state index in [0.717, 1.165) is 39.0 Å². The van der Waals surface area contributed by atoms with E-state index in [9.17, 15) is 4.79 Å². The lowest BCUT2D eigenvalue weighted by Gasteiger charge is -2.32. The van der Waals surface area contributed by atoms with Crippen LogP contribution in [0.25, 0.3) is 0 Å². The molecule has 0 spiro atoms. The minimum absolute atomic E-state index is 0.120. The molecule has 98 valence electrons. The second-order valence-electron chi connectivity index (χ2n) is 5.69. The molecule has 1 heterocycles. The Kier molecular flexibility index (Phi) is 3.73. The molecule has 2 aliphatic rings. The first-order chi connectivity index (χ1) is 8.04. The first-order valence-corrected chi connectivity index (χ1v) is 6.72. The van der Waals surface area contributed by atoms with Crippen molar-refractivity contribution in [3.63, 3.8) is 0 Å². The van der Waals surface area contributed by atoms with Gasteiger partial charge in [0.25, 0.3) is 0 Å². The van der Waals surface area contributed by atoms with E-state index in [0.29, 0.717) is 18.4 Å². The fraction of sp³-hybridized carbons (Fsp3) is 0.923. The highest BCUT2D eigenvalue weighted by atomic mass is 16.5. The molecule has 1 saturated carbocycles. The SMILES string of the molecule is CCC(C)(N)C(=O)N(CC1CCOC1)C1CC1. The topological polar surface area (TPSA) is 55.6 Å². The zero-order chi connectivity index (χ0) is 12.5. The van der Waals surface area contributed by atoms with Crippen molar-refractivity contribution in [2.75, 3.05) is 19.8 Å². The van der Waals surface area contributed by atoms with Crippen molar-refractivity contribution in [2.45, 2.75) is 51.1 Å². The molecule has 1 amide bonds. The number of carbonyl (C=O) groups is 1. The third kappa shape index (κ3) is 2.99. The van der Waals surface area contributed by atoms with E-state index >= 15 is 0 Å². The lowest BCUT2D eigenvalue weighted by Crippen LogP contribution is -2.54. The molecule has 2 N–H and O–H groups in total. The fourth-order valence-corrected chi connectivity index (χ4v) is 2.27. The van der Waals surface area contributed by atoms with Crippen molar-refractivity contribution in [3.05, 3.63) is 0 Å². The summed E-state index contributed by atoms with van der Waals surface area (Å²) in [4.78, 5) is 14.4. The normalized spacial score (nSPS) is 27.8. The van der Waals surface area contributed by atoms with Gasteiger partial charge in [0.15, 0.2) is 0 Å². The van der Waals surface area contributed by atoms with Gasteiger partial charge < -0.3 is 15.4 Å². The smallest absolute Gasteiger partial charge is 0.242 e. The zero-order valence-electron chi connectivity index (χ0n) is 10.9. The highest BCUT2D eigenvalue weighted by Crippen LogP contribution is 2.31. The fourth-order valence-electron chi connectivity index (χ4n) is 2.27. The van der Waals surface area contributed by atoms with Crippen LogP contribution in [0.15, 0.2) is 0 Å². The Hall–Kier alpha value is -0.610. The monoisotopic (exact) mass is 240 g/mol. The average molecular weight is 240 g/mol. The molecule has 2 rings (SSSR count). The van der Waals surface area contributed by atoms with E-state index in [1.54, 1.807) is 0 Å². The summed E-state index contributed by atoms with van der Waals surface area (Å²) in [5.41, 5.74) is 5.37. The molecule has 1 aliphatic heterocycles. The molecule has 4 nitrogen and oxygen atoms in total. The Balaban J connectivity index is 1.98. The predicted octanol–water partition coefficient (Wildman–Crippen LogP) is 1.14. The number of hydrogen-bond acceptors (Lipinski definition) is 3. The van der Waals surface area contributed by atoms with Gasteiger partial charge in [0.2, 0.25) is 5.91 Å². The molecule has 0 aromatic rings. The summed E-state index contributed by atoms with van der Waals surface area (Å²) in [6, 6.07) is 0.442. The number of nitrogens with zero attached hydrogens (tertiary/aromatic N) is 1. The van der Waals surface area contributed by atoms with Gasteiger partial charge in [0.1, 0.15) is 0 Å². The van der Waals surface area contributed by atoms with Gasteiger partial charge in [0, 0.05) is 25.1 Å². The van der Waals surface area contributed by atoms with Crippen LogP contribution in [0.3, 0.4) is 0 Å². The van der Waals surface area contributed by atoms with Gasteiger partial charge >= 0.3 is 0 Å². The van der Waals surface area contributed by atoms with E-state index in [2.05, 4.69) is 0 Å². The van der Waals surface area contributed by atoms with Gasteiger partial charge in [-0.25, -0.2) is 0 Å². The maximum Gasteiger partial charge on any atom is 0.242 e. The van der Waals surface area contributed by atoms with Gasteiger partial charge in [-0.15, -0.1) is 0 Å². The molecule has 0 radical (unpaired) electrons. The van der Waals surface area contributed by atoms with Crippen molar-refractivity contribution in [2.24, 2.45) is 11.7 Å². The standard InChI is InChI=1S/C13H24N2O2/c1-3-13(2,14)12(16)15(11-4-5-11)8-10-6-7-17-9-10/h10-11H,3-9,14H2,1-2H3. The van der Waals surface area contributed by atoms with Crippen LogP contribution in [0.1, 0.15) is 39.5 Å². The summed E-state index contributed by atoms with van der Waals surface area (Å²) in [6.07, 6.45) is 4.04. The molecule has 2 atom stereocenters. The van der Waals surface area contributed by atoms with Crippen LogP contribution in [-0.2, 0) is 9.53 Å². The summed E-state index contributed by atoms with van der Waals surface area (Å²) in [6.45, 7) is 6.28. The lowest BCUT2D eigenvalue weighted by atomic mass is 9.97. The van der Waals surface area contributed by atoms with E-state index in [4.69, 9.17) is 10.5 Å². The van der Waals surface area contributed by atoms with E-state index in [-0.39, 0.29) is 5.91 Å². The van der Waals surface area contributed by atoms with Crippen LogP contribution in [0, 0.1) is 5.92 Å². The van der Waals surface area contributed by atoms with Gasteiger partial charge in [0.05, 0.1) is 12.1 Å². The first-order valence-electron chi connectivity index (χ1n) is 6.72. The number of hydrogen-bond donors (Lipinski definition) is 1. The summed E-state index contributed by atoms with van der Waals surface area (Å²) >= 11 is 0. The predicted molar refractivity (Wildman–Crippen MR) is 66.5 cm³/mol. The second kappa shape index (κ2) is 4.94. The number of nitrogens with two attached hydrogens (primary N) is 1. The van der Waals surface area contributed by atoms with Gasteiger partial charge in [-0.1, -0.05) is 6.92 Å². The summed E-state index contributed by atoms with van der Waals surface area (Å²) in [5, 5.41) is 0. The Bertz CT molecular complexity index is 281. The molecule has 1 aliphatic carbocycles. The van der Waals surface area contributed by atoms with Gasteiger partial charge in [-0.05, 0) is 32.6 Å². The molecular weight excluding hydrogens is 216 g/mol. The largest absolute Gasteiger partial charge is 0.381 e. The molecule has 2 fully saturated rings. The van der Waals surface area contributed by atoms with E-state index in [1.807, 2.05) is 18.7 Å². The Morgan fingerprint density at radius 3 is 2.65 bits per heavy atom. The molecule has 0 aromatic carbocycles. The van der Waals surface area contributed by atoms with Crippen LogP contribution in [0.5, 0.6) is 0 Å². The van der Waals surface area contributed by atoms with Crippen molar-refractivity contribution in [1.29, 1.82) is 0 Å². The lowest BCUT2D eigenvalue weighted by molar-refractivity contribution is -0.137. The highest BCUT2D eigenvalue weighted by molar-refractivity contribution is 5.86. The van der Waals surface area contributed by atoms with Crippen molar-refractivity contribution >= 4 is 5.91 Å². The summed E-state index contributed by atoms with van der Waals surface area (Å²) in [5.74, 6) is 0.626. The number of rotatable bonds is 5. The number of amides is 1. The number of ether oxygens (including phenoxy) is 1. The molecule has 4 heteroatoms. The average Bonchev–Trinajstić information content (AvgIpc) is 3.03. The van der Waals surface area contributed by atoms with Gasteiger partial charge in [-0.3, -0.25) is 4.79 Å².